The molecule has 0 bridgehead atoms. The number of rotatable bonds is 1. The van der Waals surface area contributed by atoms with E-state index in [1.165, 1.54) is 6.92 Å². The van der Waals surface area contributed by atoms with Gasteiger partial charge in [0, 0.05) is 26.2 Å². The van der Waals surface area contributed by atoms with Crippen LogP contribution in [0.15, 0.2) is 0 Å². The van der Waals surface area contributed by atoms with Gasteiger partial charge in [-0.3, -0.25) is 0 Å². The van der Waals surface area contributed by atoms with Crippen LogP contribution in [0, 0.1) is 0 Å². The Hall–Kier alpha value is 1.30. The minimum Gasteiger partial charge on any atom is -0.521 e. The fourth-order valence-corrected chi connectivity index (χ4v) is 0. The molecule has 0 spiro atoms. The van der Waals surface area contributed by atoms with E-state index in [-0.39, 0.29) is 32.8 Å². The van der Waals surface area contributed by atoms with Gasteiger partial charge in [-0.2, -0.15) is 0 Å². The maximum atomic E-state index is 8.11. The van der Waals surface area contributed by atoms with E-state index >= 15 is 0 Å². The Labute approximate surface area is 76.6 Å². The van der Waals surface area contributed by atoms with Crippen molar-refractivity contribution in [3.63, 3.8) is 0 Å². The van der Waals surface area contributed by atoms with E-state index in [0.717, 1.165) is 0 Å². The molecule has 0 aliphatic rings. The van der Waals surface area contributed by atoms with Crippen molar-refractivity contribution in [2.75, 3.05) is 6.61 Å². The summed E-state index contributed by atoms with van der Waals surface area (Å²) in [5, 5.41) is 16.0. The summed E-state index contributed by atoms with van der Waals surface area (Å²) < 4.78 is 7.14. The summed E-state index contributed by atoms with van der Waals surface area (Å²) in [6.45, 7) is 1.39. The largest absolute Gasteiger partial charge is 0.521 e. The average molecular weight is 213 g/mol. The molecule has 0 aromatic carbocycles. The minimum absolute atomic E-state index is 0. The predicted octanol–water partition coefficient (Wildman–Crippen LogP) is -2.12. The van der Waals surface area contributed by atoms with E-state index < -0.39 is 6.10 Å². The standard InChI is InChI=1S/C3H8O2.Al.H2O.Zr.2H/c1-3(5)2-4;;;;;/h3-5H,2H2,1H3;;1H2;;;/q;+1;;;;/p-1. The second kappa shape index (κ2) is 15.7. The smallest absolute Gasteiger partial charge is 0.407 e. The molecule has 0 heterocycles. The summed E-state index contributed by atoms with van der Waals surface area (Å²) in [5.74, 6) is 0. The van der Waals surface area contributed by atoms with Crippen LogP contribution in [0.5, 0.6) is 0 Å². The zero-order valence-corrected chi connectivity index (χ0v) is 9.58. The molecule has 0 fully saturated rings. The minimum atomic E-state index is -0.560. The molecule has 0 aromatic heterocycles. The molecule has 48 valence electrons. The normalized spacial score (nSPS) is 10.0. The van der Waals surface area contributed by atoms with Crippen LogP contribution in [0.25, 0.3) is 0 Å². The van der Waals surface area contributed by atoms with Crippen molar-refractivity contribution in [3.8, 4) is 0 Å². The Morgan fingerprint density at radius 2 is 1.62 bits per heavy atom. The first kappa shape index (κ1) is 16.1. The number of hydrogen-bond acceptors (Lipinski definition) is 3. The quantitative estimate of drug-likeness (QED) is 0.437. The molecular weight excluding hydrogens is 202 g/mol. The Morgan fingerprint density at radius 3 is 1.62 bits per heavy atom. The van der Waals surface area contributed by atoms with Crippen LogP contribution in [-0.4, -0.2) is 43.7 Å². The summed E-state index contributed by atoms with van der Waals surface area (Å²) in [6.07, 6.45) is -0.560. The maximum absolute atomic E-state index is 8.11. The van der Waals surface area contributed by atoms with Crippen molar-refractivity contribution in [2.45, 2.75) is 13.0 Å². The van der Waals surface area contributed by atoms with Gasteiger partial charge in [-0.25, -0.2) is 0 Å². The molecule has 0 saturated heterocycles. The van der Waals surface area contributed by atoms with Crippen molar-refractivity contribution in [1.29, 1.82) is 0 Å². The molecule has 0 saturated carbocycles. The first-order chi connectivity index (χ1) is 3.27. The van der Waals surface area contributed by atoms with Gasteiger partial charge in [0.25, 0.3) is 0 Å². The monoisotopic (exact) mass is 212 g/mol. The van der Waals surface area contributed by atoms with Crippen LogP contribution in [0.2, 0.25) is 0 Å². The first-order valence-corrected chi connectivity index (χ1v) is 2.90. The third-order valence-electron chi connectivity index (χ3n) is 0.264. The third kappa shape index (κ3) is 26.6. The molecular formula is C3H11AlO3Zr. The van der Waals surface area contributed by atoms with Crippen molar-refractivity contribution in [2.24, 2.45) is 0 Å². The summed E-state index contributed by atoms with van der Waals surface area (Å²) in [6, 6.07) is 0. The van der Waals surface area contributed by atoms with Crippen molar-refractivity contribution < 1.29 is 40.6 Å². The van der Waals surface area contributed by atoms with E-state index in [2.05, 4.69) is 0 Å². The van der Waals surface area contributed by atoms with Crippen LogP contribution in [0.1, 0.15) is 6.92 Å². The second-order valence-corrected chi connectivity index (χ2v) is 1.03. The van der Waals surface area contributed by atoms with Gasteiger partial charge in [-0.1, -0.05) is 0 Å². The van der Waals surface area contributed by atoms with Crippen molar-refractivity contribution in [1.82, 2.24) is 0 Å². The fourth-order valence-electron chi connectivity index (χ4n) is 0. The van der Waals surface area contributed by atoms with Crippen LogP contribution in [0.3, 0.4) is 0 Å². The summed E-state index contributed by atoms with van der Waals surface area (Å²) in [4.78, 5) is 0. The topological polar surface area (TPSA) is 60.7 Å². The molecule has 1 atom stereocenters. The Balaban J connectivity index is -0.0000000750. The van der Waals surface area contributed by atoms with Crippen LogP contribution >= 0.6 is 0 Å². The molecule has 0 aliphatic carbocycles. The van der Waals surface area contributed by atoms with Gasteiger partial charge >= 0.3 is 16.6 Å². The van der Waals surface area contributed by atoms with Gasteiger partial charge in [0.2, 0.25) is 0 Å². The molecule has 1 unspecified atom stereocenters. The molecule has 0 amide bonds. The molecule has 3 N–H and O–H groups in total. The summed E-state index contributed by atoms with van der Waals surface area (Å²) in [5.41, 5.74) is 0. The molecule has 8 heavy (non-hydrogen) atoms. The molecule has 0 rings (SSSR count). The summed E-state index contributed by atoms with van der Waals surface area (Å²) >= 11 is 0.306. The number of aliphatic hydroxyl groups excluding tert-OH is 2. The maximum Gasteiger partial charge on any atom is 0.407 e. The van der Waals surface area contributed by atoms with E-state index in [1.54, 1.807) is 0 Å². The predicted molar refractivity (Wildman–Crippen MR) is 29.5 cm³/mol. The average Bonchev–Trinajstić information content (AvgIpc) is 1.73. The fraction of sp³-hybridized carbons (Fsp3) is 1.00. The van der Waals surface area contributed by atoms with Gasteiger partial charge in [0.1, 0.15) is 0 Å². The van der Waals surface area contributed by atoms with Crippen LogP contribution in [-0.2, 0) is 26.2 Å². The van der Waals surface area contributed by atoms with Crippen LogP contribution < -0.4 is 0 Å². The van der Waals surface area contributed by atoms with E-state index in [1.807, 2.05) is 0 Å². The molecule has 0 aromatic rings. The zero-order chi connectivity index (χ0) is 6.28. The van der Waals surface area contributed by atoms with Gasteiger partial charge in [0.15, 0.2) is 0 Å². The molecule has 0 radical (unpaired) electrons. The van der Waals surface area contributed by atoms with Gasteiger partial charge in [-0.05, 0) is 6.92 Å². The first-order valence-electron chi connectivity index (χ1n) is 2.01. The Morgan fingerprint density at radius 1 is 1.50 bits per heavy atom. The SMILES string of the molecule is CC(O)CO.[OH][AlH2].[Zr]. The van der Waals surface area contributed by atoms with Gasteiger partial charge in [-0.15, -0.1) is 0 Å². The number of aliphatic hydroxyl groups is 2. The second-order valence-electron chi connectivity index (χ2n) is 1.03. The Bertz CT molecular complexity index is 28.5. The van der Waals surface area contributed by atoms with E-state index in [0.29, 0.717) is 16.6 Å². The molecule has 0 aliphatic heterocycles. The zero-order valence-electron chi connectivity index (χ0n) is 5.13. The van der Waals surface area contributed by atoms with Crippen LogP contribution in [0.4, 0.5) is 0 Å². The third-order valence-corrected chi connectivity index (χ3v) is 0.264. The van der Waals surface area contributed by atoms with Crippen molar-refractivity contribution in [3.05, 3.63) is 0 Å². The Kier molecular flexibility index (Phi) is 31.8. The van der Waals surface area contributed by atoms with E-state index in [4.69, 9.17) is 14.4 Å². The van der Waals surface area contributed by atoms with Crippen molar-refractivity contribution >= 4 is 16.6 Å². The summed E-state index contributed by atoms with van der Waals surface area (Å²) in [7, 11) is 0. The van der Waals surface area contributed by atoms with E-state index in [9.17, 15) is 0 Å². The molecule has 5 heteroatoms. The number of hydrogen-bond donors (Lipinski definition) is 3. The molecule has 3 nitrogen and oxygen atoms in total. The van der Waals surface area contributed by atoms with Gasteiger partial charge in [0.05, 0.1) is 12.7 Å². The van der Waals surface area contributed by atoms with Gasteiger partial charge < -0.3 is 14.4 Å².